The largest absolute Gasteiger partial charge is 0.497 e. The van der Waals surface area contributed by atoms with Crippen LogP contribution in [0.1, 0.15) is 130 Å². The summed E-state index contributed by atoms with van der Waals surface area (Å²) in [5.41, 5.74) is 19.2. The molecular formula is C75H93N15O. The maximum atomic E-state index is 5.28. The number of aromatic nitrogens is 8. The van der Waals surface area contributed by atoms with Crippen LogP contribution in [0, 0.1) is 11.3 Å². The summed E-state index contributed by atoms with van der Waals surface area (Å²) in [6, 6.07) is 35.6. The Labute approximate surface area is 538 Å². The van der Waals surface area contributed by atoms with Crippen molar-refractivity contribution in [1.82, 2.24) is 60.7 Å². The topological polar surface area (TPSA) is 182 Å². The number of aromatic amines is 1. The number of ether oxygens (including phenoxy) is 1. The molecule has 16 rings (SSSR count). The smallest absolute Gasteiger partial charge is 0.225 e. The van der Waals surface area contributed by atoms with Gasteiger partial charge in [-0.15, -0.1) is 0 Å². The number of hydrogen-bond acceptors (Lipinski definition) is 15. The van der Waals surface area contributed by atoms with Crippen LogP contribution in [-0.4, -0.2) is 130 Å². The van der Waals surface area contributed by atoms with Crippen molar-refractivity contribution in [3.05, 3.63) is 173 Å². The molecule has 91 heavy (non-hydrogen) atoms. The molecule has 6 N–H and O–H groups in total. The Balaban J connectivity index is 0.000000120. The normalized spacial score (nSPS) is 20.8. The predicted molar refractivity (Wildman–Crippen MR) is 365 cm³/mol. The highest BCUT2D eigenvalue weighted by Crippen LogP contribution is 2.50. The van der Waals surface area contributed by atoms with Gasteiger partial charge >= 0.3 is 0 Å². The molecule has 1 saturated carbocycles. The second-order valence-electron chi connectivity index (χ2n) is 28.4. The highest BCUT2D eigenvalue weighted by atomic mass is 16.5. The van der Waals surface area contributed by atoms with E-state index in [4.69, 9.17) is 29.7 Å². The molecular weight excluding hydrogens is 1130 g/mol. The Morgan fingerprint density at radius 2 is 1.03 bits per heavy atom. The van der Waals surface area contributed by atoms with E-state index in [9.17, 15) is 0 Å². The standard InChI is InChI=1S/C28H33N5O.C26H36N4.C21H24N6/c1-34-23-8-6-21(7-9-23)20-32-14-16-33(17-15-32)27-30-19-22-18-28(10-12-29-13-11-28)25-5-3-2-4-24(25)26(22)31-27;1-25(2,3)19-8-10-20(11-9-19)29-24-28-17-18-16-26(12-14-27-15-13-26)22-7-5-4-6-21(22)23(18)30-24;1-2-4-18-17(3-1)19-15(11-21(18)6-9-22-10-7-21)12-25-20(27-19)24-8-5-16-13-23-14-26-16/h2-9,19,29H,10-18,20H2,1H3;4-7,17,19-20,27H,8-16H2,1-3H3,(H,28,29,30);1-4,12-14,22H,5-11H2,(H,23,26)(H,24,25,27). The molecule has 0 atom stereocenters. The Kier molecular flexibility index (Phi) is 17.8. The third-order valence-electron chi connectivity index (χ3n) is 21.8. The molecule has 0 bridgehead atoms. The lowest BCUT2D eigenvalue weighted by molar-refractivity contribution is 0.173. The van der Waals surface area contributed by atoms with E-state index in [0.29, 0.717) is 17.4 Å². The van der Waals surface area contributed by atoms with Gasteiger partial charge < -0.3 is 41.2 Å². The number of nitrogens with zero attached hydrogens (tertiary/aromatic N) is 9. The number of rotatable bonds is 10. The molecule has 8 aliphatic rings. The van der Waals surface area contributed by atoms with E-state index >= 15 is 0 Å². The van der Waals surface area contributed by atoms with Gasteiger partial charge in [0.15, 0.2) is 0 Å². The number of piperazine rings is 1. The van der Waals surface area contributed by atoms with E-state index in [1.54, 1.807) is 13.4 Å². The van der Waals surface area contributed by atoms with Gasteiger partial charge in [-0.25, -0.2) is 34.9 Å². The van der Waals surface area contributed by atoms with Crippen molar-refractivity contribution in [3.63, 3.8) is 0 Å². The lowest BCUT2D eigenvalue weighted by atomic mass is 9.64. The van der Waals surface area contributed by atoms with Gasteiger partial charge in [0.25, 0.3) is 0 Å². The van der Waals surface area contributed by atoms with Crippen molar-refractivity contribution in [3.8, 4) is 39.5 Å². The average molecular weight is 1220 g/mol. The van der Waals surface area contributed by atoms with E-state index in [1.165, 1.54) is 120 Å². The zero-order valence-electron chi connectivity index (χ0n) is 54.1. The summed E-state index contributed by atoms with van der Waals surface area (Å²) in [5.74, 6) is 4.12. The Hall–Kier alpha value is -7.63. The number of anilines is 3. The number of nitrogens with one attached hydrogen (secondary N) is 6. The first-order valence-corrected chi connectivity index (χ1v) is 34.1. The summed E-state index contributed by atoms with van der Waals surface area (Å²) in [7, 11) is 1.71. The number of methoxy groups -OCH3 is 1. The Morgan fingerprint density at radius 1 is 0.549 bits per heavy atom. The third-order valence-corrected chi connectivity index (χ3v) is 21.8. The van der Waals surface area contributed by atoms with E-state index in [-0.39, 0.29) is 16.2 Å². The lowest BCUT2D eigenvalue weighted by Gasteiger charge is -2.43. The van der Waals surface area contributed by atoms with Crippen molar-refractivity contribution in [1.29, 1.82) is 0 Å². The van der Waals surface area contributed by atoms with Crippen LogP contribution >= 0.6 is 0 Å². The fourth-order valence-electron chi connectivity index (χ4n) is 16.6. The summed E-state index contributed by atoms with van der Waals surface area (Å²) < 4.78 is 5.28. The monoisotopic (exact) mass is 1220 g/mol. The Bertz CT molecular complexity index is 3750. The van der Waals surface area contributed by atoms with Gasteiger partial charge in [-0.1, -0.05) is 106 Å². The van der Waals surface area contributed by atoms with Crippen molar-refractivity contribution in [2.24, 2.45) is 11.3 Å². The van der Waals surface area contributed by atoms with Crippen LogP contribution in [0.2, 0.25) is 0 Å². The van der Waals surface area contributed by atoms with Crippen LogP contribution in [0.3, 0.4) is 0 Å². The van der Waals surface area contributed by atoms with Crippen LogP contribution < -0.4 is 36.2 Å². The lowest BCUT2D eigenvalue weighted by Crippen LogP contribution is -2.46. The summed E-state index contributed by atoms with van der Waals surface area (Å²) in [5, 5.41) is 17.6. The first-order valence-electron chi connectivity index (χ1n) is 34.1. The molecule has 8 heterocycles. The quantitative estimate of drug-likeness (QED) is 0.0760. The number of imidazole rings is 1. The molecule has 0 amide bonds. The van der Waals surface area contributed by atoms with Crippen molar-refractivity contribution in [2.45, 2.75) is 139 Å². The number of benzene rings is 4. The molecule has 16 heteroatoms. The molecule has 4 aliphatic heterocycles. The first kappa shape index (κ1) is 60.9. The van der Waals surface area contributed by atoms with Crippen LogP contribution in [0.4, 0.5) is 17.8 Å². The maximum absolute atomic E-state index is 5.28. The molecule has 4 aromatic heterocycles. The van der Waals surface area contributed by atoms with E-state index < -0.39 is 0 Å². The van der Waals surface area contributed by atoms with Crippen molar-refractivity contribution in [2.75, 3.05) is 94.6 Å². The van der Waals surface area contributed by atoms with Gasteiger partial charge in [-0.2, -0.15) is 0 Å². The number of fused-ring (bicyclic) bond motifs is 12. The molecule has 8 aromatic rings. The zero-order chi connectivity index (χ0) is 61.8. The van der Waals surface area contributed by atoms with Crippen LogP contribution in [0.15, 0.2) is 128 Å². The molecule has 16 nitrogen and oxygen atoms in total. The summed E-state index contributed by atoms with van der Waals surface area (Å²) in [6.07, 6.45) is 26.0. The van der Waals surface area contributed by atoms with Gasteiger partial charge in [0, 0.05) is 115 Å². The first-order chi connectivity index (χ1) is 44.5. The molecule has 4 saturated heterocycles. The molecule has 0 unspecified atom stereocenters. The minimum absolute atomic E-state index is 0.229. The number of hydrogen-bond donors (Lipinski definition) is 6. The third kappa shape index (κ3) is 13.0. The molecule has 0 radical (unpaired) electrons. The molecule has 3 spiro atoms. The highest BCUT2D eigenvalue weighted by Gasteiger charge is 2.44. The summed E-state index contributed by atoms with van der Waals surface area (Å²) >= 11 is 0. The zero-order valence-corrected chi connectivity index (χ0v) is 54.1. The van der Waals surface area contributed by atoms with Crippen molar-refractivity contribution >= 4 is 17.8 Å². The summed E-state index contributed by atoms with van der Waals surface area (Å²) in [4.78, 5) is 41.4. The van der Waals surface area contributed by atoms with E-state index in [2.05, 4.69) is 169 Å². The maximum Gasteiger partial charge on any atom is 0.225 e. The van der Waals surface area contributed by atoms with E-state index in [0.717, 1.165) is 151 Å². The van der Waals surface area contributed by atoms with Gasteiger partial charge in [-0.3, -0.25) is 4.90 Å². The van der Waals surface area contributed by atoms with Gasteiger partial charge in [-0.05, 0) is 185 Å². The number of piperidine rings is 3. The number of H-pyrrole nitrogens is 1. The van der Waals surface area contributed by atoms with E-state index in [1.807, 2.05) is 24.5 Å². The molecule has 4 aromatic carbocycles. The van der Waals surface area contributed by atoms with Crippen LogP contribution in [-0.2, 0) is 48.5 Å². The molecule has 474 valence electrons. The summed E-state index contributed by atoms with van der Waals surface area (Å²) in [6.45, 7) is 19.3. The minimum atomic E-state index is 0.229. The second kappa shape index (κ2) is 26.5. The van der Waals surface area contributed by atoms with Gasteiger partial charge in [0.2, 0.25) is 17.8 Å². The average Bonchev–Trinajstić information content (AvgIpc) is 1.08. The van der Waals surface area contributed by atoms with Gasteiger partial charge in [0.1, 0.15) is 5.75 Å². The second-order valence-corrected chi connectivity index (χ2v) is 28.4. The fraction of sp³-hybridized carbons (Fsp3) is 0.480. The van der Waals surface area contributed by atoms with Crippen molar-refractivity contribution < 1.29 is 4.74 Å². The minimum Gasteiger partial charge on any atom is -0.497 e. The fourth-order valence-corrected chi connectivity index (χ4v) is 16.6. The highest BCUT2D eigenvalue weighted by molar-refractivity contribution is 5.75. The predicted octanol–water partition coefficient (Wildman–Crippen LogP) is 11.7. The van der Waals surface area contributed by atoms with Crippen LogP contribution in [0.5, 0.6) is 5.75 Å². The SMILES string of the molecule is CC(C)(C)C1CCC(Nc2ncc3c(n2)-c2ccccc2C2(CCNCC2)C3)CC1.COc1ccc(CN2CCN(c3ncc4c(n3)-c3ccccc3C3(CCNCC3)C4)CC2)cc1.c1ccc2c(c1)-c1nc(NCCc3cnc[nH]3)ncc1CC21CCNCC1. The molecule has 5 fully saturated rings. The van der Waals surface area contributed by atoms with Crippen LogP contribution in [0.25, 0.3) is 33.8 Å². The molecule has 4 aliphatic carbocycles. The van der Waals surface area contributed by atoms with Gasteiger partial charge in [0.05, 0.1) is 30.5 Å². The Morgan fingerprint density at radius 3 is 1.53 bits per heavy atom.